The van der Waals surface area contributed by atoms with E-state index in [1.165, 1.54) is 5.56 Å². The molecule has 4 rings (SSSR count). The number of anilines is 2. The first-order valence-electron chi connectivity index (χ1n) is 11.5. The maximum Gasteiger partial charge on any atom is 0.243 e. The molecule has 2 N–H and O–H groups in total. The first-order valence-corrected chi connectivity index (χ1v) is 11.5. The summed E-state index contributed by atoms with van der Waals surface area (Å²) >= 11 is 0. The Hall–Kier alpha value is -3.15. The van der Waals surface area contributed by atoms with E-state index in [-0.39, 0.29) is 30.2 Å². The van der Waals surface area contributed by atoms with Gasteiger partial charge in [-0.25, -0.2) is 0 Å². The minimum Gasteiger partial charge on any atom is -0.347 e. The van der Waals surface area contributed by atoms with Crippen molar-refractivity contribution >= 4 is 29.1 Å². The highest BCUT2D eigenvalue weighted by Crippen LogP contribution is 2.35. The number of amides is 3. The molecule has 1 aliphatic heterocycles. The van der Waals surface area contributed by atoms with Gasteiger partial charge in [-0.05, 0) is 55.9 Å². The number of para-hydroxylation sites is 2. The Kier molecular flexibility index (Phi) is 6.58. The van der Waals surface area contributed by atoms with Crippen LogP contribution in [0.5, 0.6) is 0 Å². The van der Waals surface area contributed by atoms with E-state index in [0.717, 1.165) is 41.8 Å². The standard InChI is InChI=1S/C26H31N3O3/c1-17-8-7-9-18(2)24(17)28-23(30)16-27-25(31)20-11-4-5-12-21(20)26(32)29-15-14-19-10-3-6-13-22(19)29/h3,6-10,13,20-21H,4-5,11-12,14-16H2,1-2H3,(H,27,31)(H,28,30). The van der Waals surface area contributed by atoms with E-state index in [1.54, 1.807) is 0 Å². The maximum absolute atomic E-state index is 13.4. The van der Waals surface area contributed by atoms with E-state index in [1.807, 2.05) is 55.1 Å². The average Bonchev–Trinajstić information content (AvgIpc) is 3.24. The summed E-state index contributed by atoms with van der Waals surface area (Å²) in [5, 5.41) is 5.68. The SMILES string of the molecule is Cc1cccc(C)c1NC(=O)CNC(=O)C1CCCCC1C(=O)N1CCc2ccccc21. The van der Waals surface area contributed by atoms with Crippen molar-refractivity contribution in [3.63, 3.8) is 0 Å². The molecule has 3 amide bonds. The number of nitrogens with zero attached hydrogens (tertiary/aromatic N) is 1. The first kappa shape index (κ1) is 22.1. The molecular formula is C26H31N3O3. The highest BCUT2D eigenvalue weighted by atomic mass is 16.2. The van der Waals surface area contributed by atoms with Crippen LogP contribution in [-0.4, -0.2) is 30.8 Å². The van der Waals surface area contributed by atoms with Gasteiger partial charge >= 0.3 is 0 Å². The van der Waals surface area contributed by atoms with Crippen LogP contribution in [0.25, 0.3) is 0 Å². The highest BCUT2D eigenvalue weighted by Gasteiger charge is 2.39. The van der Waals surface area contributed by atoms with Crippen molar-refractivity contribution in [3.8, 4) is 0 Å². The molecule has 2 unspecified atom stereocenters. The van der Waals surface area contributed by atoms with Crippen molar-refractivity contribution in [2.24, 2.45) is 11.8 Å². The third-order valence-corrected chi connectivity index (χ3v) is 6.74. The van der Waals surface area contributed by atoms with Crippen LogP contribution >= 0.6 is 0 Å². The molecule has 1 aliphatic carbocycles. The molecule has 168 valence electrons. The molecule has 32 heavy (non-hydrogen) atoms. The van der Waals surface area contributed by atoms with E-state index in [9.17, 15) is 14.4 Å². The van der Waals surface area contributed by atoms with Crippen LogP contribution in [-0.2, 0) is 20.8 Å². The number of hydrogen-bond acceptors (Lipinski definition) is 3. The van der Waals surface area contributed by atoms with Gasteiger partial charge in [0.25, 0.3) is 0 Å². The predicted molar refractivity (Wildman–Crippen MR) is 126 cm³/mol. The second-order valence-corrected chi connectivity index (χ2v) is 8.90. The van der Waals surface area contributed by atoms with Crippen LogP contribution < -0.4 is 15.5 Å². The Labute approximate surface area is 189 Å². The number of nitrogens with one attached hydrogen (secondary N) is 2. The first-order chi connectivity index (χ1) is 15.5. The van der Waals surface area contributed by atoms with Gasteiger partial charge in [0.05, 0.1) is 12.5 Å². The van der Waals surface area contributed by atoms with Crippen molar-refractivity contribution in [2.45, 2.75) is 46.0 Å². The summed E-state index contributed by atoms with van der Waals surface area (Å²) in [5.41, 5.74) is 4.89. The molecule has 1 heterocycles. The van der Waals surface area contributed by atoms with Crippen molar-refractivity contribution in [2.75, 3.05) is 23.3 Å². The van der Waals surface area contributed by atoms with Gasteiger partial charge in [-0.1, -0.05) is 49.2 Å². The Balaban J connectivity index is 1.39. The Morgan fingerprint density at radius 1 is 0.938 bits per heavy atom. The van der Waals surface area contributed by atoms with Gasteiger partial charge in [-0.15, -0.1) is 0 Å². The predicted octanol–water partition coefficient (Wildman–Crippen LogP) is 3.75. The lowest BCUT2D eigenvalue weighted by atomic mass is 9.77. The summed E-state index contributed by atoms with van der Waals surface area (Å²) in [6, 6.07) is 13.8. The van der Waals surface area contributed by atoms with E-state index >= 15 is 0 Å². The van der Waals surface area contributed by atoms with Crippen LogP contribution in [0, 0.1) is 25.7 Å². The fourth-order valence-corrected chi connectivity index (χ4v) is 5.00. The molecule has 0 spiro atoms. The van der Waals surface area contributed by atoms with Gasteiger partial charge in [-0.2, -0.15) is 0 Å². The van der Waals surface area contributed by atoms with E-state index in [0.29, 0.717) is 19.4 Å². The zero-order chi connectivity index (χ0) is 22.7. The van der Waals surface area contributed by atoms with Gasteiger partial charge in [-0.3, -0.25) is 14.4 Å². The van der Waals surface area contributed by atoms with Crippen molar-refractivity contribution in [3.05, 3.63) is 59.2 Å². The number of carbonyl (C=O) groups is 3. The zero-order valence-corrected chi connectivity index (χ0v) is 18.8. The van der Waals surface area contributed by atoms with Crippen molar-refractivity contribution in [1.82, 2.24) is 5.32 Å². The number of rotatable bonds is 5. The van der Waals surface area contributed by atoms with Gasteiger partial charge < -0.3 is 15.5 Å². The van der Waals surface area contributed by atoms with Crippen LogP contribution in [0.1, 0.15) is 42.4 Å². The van der Waals surface area contributed by atoms with Crippen LogP contribution in [0.3, 0.4) is 0 Å². The van der Waals surface area contributed by atoms with E-state index in [2.05, 4.69) is 16.7 Å². The Bertz CT molecular complexity index is 1010. The normalized spacial score (nSPS) is 19.9. The largest absolute Gasteiger partial charge is 0.347 e. The molecular weight excluding hydrogens is 402 g/mol. The minimum atomic E-state index is -0.392. The Morgan fingerprint density at radius 3 is 2.38 bits per heavy atom. The number of hydrogen-bond donors (Lipinski definition) is 2. The number of carbonyl (C=O) groups excluding carboxylic acids is 3. The lowest BCUT2D eigenvalue weighted by Crippen LogP contribution is -2.46. The highest BCUT2D eigenvalue weighted by molar-refractivity contribution is 6.00. The number of fused-ring (bicyclic) bond motifs is 1. The lowest BCUT2D eigenvalue weighted by Gasteiger charge is -2.32. The molecule has 2 aromatic rings. The second kappa shape index (κ2) is 9.55. The summed E-state index contributed by atoms with van der Waals surface area (Å²) in [6.07, 6.45) is 4.11. The molecule has 0 saturated heterocycles. The van der Waals surface area contributed by atoms with Crippen molar-refractivity contribution in [1.29, 1.82) is 0 Å². The van der Waals surface area contributed by atoms with Gasteiger partial charge in [0.15, 0.2) is 0 Å². The average molecular weight is 434 g/mol. The topological polar surface area (TPSA) is 78.5 Å². The molecule has 6 nitrogen and oxygen atoms in total. The maximum atomic E-state index is 13.4. The molecule has 2 aliphatic rings. The lowest BCUT2D eigenvalue weighted by molar-refractivity contribution is -0.135. The quantitative estimate of drug-likeness (QED) is 0.754. The summed E-state index contributed by atoms with van der Waals surface area (Å²) in [5.74, 6) is -1.15. The molecule has 2 atom stereocenters. The van der Waals surface area contributed by atoms with Crippen molar-refractivity contribution < 1.29 is 14.4 Å². The molecule has 1 fully saturated rings. The monoisotopic (exact) mass is 433 g/mol. The number of benzene rings is 2. The number of aryl methyl sites for hydroxylation is 2. The summed E-state index contributed by atoms with van der Waals surface area (Å²) in [7, 11) is 0. The zero-order valence-electron chi connectivity index (χ0n) is 18.8. The fraction of sp³-hybridized carbons (Fsp3) is 0.423. The molecule has 6 heteroatoms. The van der Waals surface area contributed by atoms with E-state index in [4.69, 9.17) is 0 Å². The van der Waals surface area contributed by atoms with Crippen LogP contribution in [0.4, 0.5) is 11.4 Å². The van der Waals surface area contributed by atoms with Crippen LogP contribution in [0.2, 0.25) is 0 Å². The smallest absolute Gasteiger partial charge is 0.243 e. The summed E-state index contributed by atoms with van der Waals surface area (Å²) in [4.78, 5) is 40.7. The van der Waals surface area contributed by atoms with Gasteiger partial charge in [0.1, 0.15) is 0 Å². The third kappa shape index (κ3) is 4.54. The Morgan fingerprint density at radius 2 is 1.62 bits per heavy atom. The summed E-state index contributed by atoms with van der Waals surface area (Å²) in [6.45, 7) is 4.45. The van der Waals surface area contributed by atoms with E-state index < -0.39 is 5.92 Å². The minimum absolute atomic E-state index is 0.0368. The molecule has 0 aromatic heterocycles. The summed E-state index contributed by atoms with van der Waals surface area (Å²) < 4.78 is 0. The van der Waals surface area contributed by atoms with Crippen LogP contribution in [0.15, 0.2) is 42.5 Å². The third-order valence-electron chi connectivity index (χ3n) is 6.74. The van der Waals surface area contributed by atoms with Gasteiger partial charge in [0, 0.05) is 23.8 Å². The molecule has 0 radical (unpaired) electrons. The molecule has 1 saturated carbocycles. The molecule has 0 bridgehead atoms. The molecule has 2 aromatic carbocycles. The second-order valence-electron chi connectivity index (χ2n) is 8.90. The van der Waals surface area contributed by atoms with Gasteiger partial charge in [0.2, 0.25) is 17.7 Å². The fourth-order valence-electron chi connectivity index (χ4n) is 5.00.